The summed E-state index contributed by atoms with van der Waals surface area (Å²) < 4.78 is 11.8. The zero-order valence-corrected chi connectivity index (χ0v) is 12.9. The van der Waals surface area contributed by atoms with Crippen molar-refractivity contribution in [2.75, 3.05) is 32.3 Å². The van der Waals surface area contributed by atoms with Gasteiger partial charge in [-0.2, -0.15) is 11.8 Å². The molecule has 1 N–H and O–H groups in total. The van der Waals surface area contributed by atoms with Crippen LogP contribution in [-0.4, -0.2) is 49.5 Å². The van der Waals surface area contributed by atoms with Crippen LogP contribution in [0.1, 0.15) is 33.1 Å². The number of ether oxygens (including phenoxy) is 2. The maximum Gasteiger partial charge on any atom is 0.0783 e. The first-order valence-corrected chi connectivity index (χ1v) is 8.13. The molecule has 0 amide bonds. The average Bonchev–Trinajstić information content (AvgIpc) is 2.78. The van der Waals surface area contributed by atoms with E-state index < -0.39 is 0 Å². The molecule has 106 valence electrons. The molecule has 3 atom stereocenters. The molecular formula is C14H27NO2S. The predicted octanol–water partition coefficient (Wildman–Crippen LogP) is 2.30. The van der Waals surface area contributed by atoms with Gasteiger partial charge in [-0.25, -0.2) is 0 Å². The quantitative estimate of drug-likeness (QED) is 0.851. The summed E-state index contributed by atoms with van der Waals surface area (Å²) >= 11 is 2.04. The van der Waals surface area contributed by atoms with E-state index in [1.165, 1.54) is 24.3 Å². The van der Waals surface area contributed by atoms with Gasteiger partial charge in [0.2, 0.25) is 0 Å². The normalized spacial score (nSPS) is 35.0. The molecule has 2 fully saturated rings. The van der Waals surface area contributed by atoms with E-state index in [1.807, 2.05) is 18.9 Å². The van der Waals surface area contributed by atoms with Crippen molar-refractivity contribution in [2.45, 2.75) is 50.4 Å². The number of hydrogen-bond acceptors (Lipinski definition) is 4. The minimum Gasteiger partial charge on any atom is -0.377 e. The van der Waals surface area contributed by atoms with Gasteiger partial charge in [0.25, 0.3) is 0 Å². The van der Waals surface area contributed by atoms with Gasteiger partial charge in [0.15, 0.2) is 0 Å². The van der Waals surface area contributed by atoms with Crippen molar-refractivity contribution in [3.63, 3.8) is 0 Å². The van der Waals surface area contributed by atoms with Crippen LogP contribution in [0.25, 0.3) is 0 Å². The van der Waals surface area contributed by atoms with Crippen LogP contribution in [0.15, 0.2) is 0 Å². The second-order valence-electron chi connectivity index (χ2n) is 6.16. The van der Waals surface area contributed by atoms with E-state index in [1.54, 1.807) is 0 Å². The van der Waals surface area contributed by atoms with Gasteiger partial charge in [-0.1, -0.05) is 0 Å². The molecule has 0 bridgehead atoms. The van der Waals surface area contributed by atoms with Crippen molar-refractivity contribution in [3.05, 3.63) is 0 Å². The first kappa shape index (κ1) is 14.6. The minimum atomic E-state index is -0.121. The van der Waals surface area contributed by atoms with E-state index in [-0.39, 0.29) is 11.2 Å². The molecule has 0 aromatic heterocycles. The molecule has 0 aliphatic carbocycles. The lowest BCUT2D eigenvalue weighted by Gasteiger charge is -2.45. The van der Waals surface area contributed by atoms with Gasteiger partial charge in [-0.3, -0.25) is 0 Å². The molecule has 2 saturated heterocycles. The second-order valence-corrected chi connectivity index (χ2v) is 7.27. The van der Waals surface area contributed by atoms with Crippen molar-refractivity contribution < 1.29 is 9.47 Å². The Kier molecular flexibility index (Phi) is 4.63. The molecule has 1 spiro atoms. The number of likely N-dealkylation sites (N-methyl/N-ethyl adjacent to an activating group) is 1. The highest BCUT2D eigenvalue weighted by Crippen LogP contribution is 2.42. The fourth-order valence-electron chi connectivity index (χ4n) is 3.49. The molecule has 4 heteroatoms. The highest BCUT2D eigenvalue weighted by atomic mass is 32.2. The van der Waals surface area contributed by atoms with Crippen LogP contribution in [0.5, 0.6) is 0 Å². The lowest BCUT2D eigenvalue weighted by molar-refractivity contribution is -0.107. The largest absolute Gasteiger partial charge is 0.377 e. The van der Waals surface area contributed by atoms with E-state index in [4.69, 9.17) is 9.47 Å². The lowest BCUT2D eigenvalue weighted by Crippen LogP contribution is -2.55. The van der Waals surface area contributed by atoms with Crippen LogP contribution >= 0.6 is 11.8 Å². The molecule has 2 heterocycles. The van der Waals surface area contributed by atoms with Gasteiger partial charge < -0.3 is 14.8 Å². The average molecular weight is 273 g/mol. The molecule has 0 radical (unpaired) electrons. The van der Waals surface area contributed by atoms with E-state index in [0.717, 1.165) is 13.0 Å². The third-order valence-electron chi connectivity index (χ3n) is 4.66. The SMILES string of the molecule is CNC(C1CCOC2(CCSC2)C1)C(C)(C)OC. The summed E-state index contributed by atoms with van der Waals surface area (Å²) in [6.45, 7) is 5.27. The smallest absolute Gasteiger partial charge is 0.0783 e. The minimum absolute atomic E-state index is 0.121. The van der Waals surface area contributed by atoms with Gasteiger partial charge in [0.05, 0.1) is 11.2 Å². The first-order chi connectivity index (χ1) is 8.53. The predicted molar refractivity (Wildman–Crippen MR) is 77.3 cm³/mol. The van der Waals surface area contributed by atoms with E-state index in [0.29, 0.717) is 12.0 Å². The Morgan fingerprint density at radius 3 is 2.83 bits per heavy atom. The number of rotatable bonds is 4. The molecule has 2 rings (SSSR count). The number of thioether (sulfide) groups is 1. The van der Waals surface area contributed by atoms with Crippen molar-refractivity contribution in [2.24, 2.45) is 5.92 Å². The number of methoxy groups -OCH3 is 1. The molecule has 3 unspecified atom stereocenters. The van der Waals surface area contributed by atoms with Crippen molar-refractivity contribution in [1.82, 2.24) is 5.32 Å². The third-order valence-corrected chi connectivity index (χ3v) is 5.88. The summed E-state index contributed by atoms with van der Waals surface area (Å²) in [5.74, 6) is 3.08. The molecule has 0 aromatic rings. The summed E-state index contributed by atoms with van der Waals surface area (Å²) in [4.78, 5) is 0. The number of nitrogens with one attached hydrogen (secondary N) is 1. The molecule has 2 aliphatic rings. The highest BCUT2D eigenvalue weighted by molar-refractivity contribution is 7.99. The van der Waals surface area contributed by atoms with Crippen molar-refractivity contribution in [3.8, 4) is 0 Å². The van der Waals surface area contributed by atoms with Gasteiger partial charge in [-0.15, -0.1) is 0 Å². The van der Waals surface area contributed by atoms with E-state index >= 15 is 0 Å². The van der Waals surface area contributed by atoms with Crippen molar-refractivity contribution in [1.29, 1.82) is 0 Å². The number of hydrogen-bond donors (Lipinski definition) is 1. The van der Waals surface area contributed by atoms with Crippen LogP contribution in [0.4, 0.5) is 0 Å². The molecular weight excluding hydrogens is 246 g/mol. The van der Waals surface area contributed by atoms with Crippen LogP contribution in [0, 0.1) is 5.92 Å². The van der Waals surface area contributed by atoms with Gasteiger partial charge in [0.1, 0.15) is 0 Å². The van der Waals surface area contributed by atoms with Gasteiger partial charge in [0, 0.05) is 25.5 Å². The summed E-state index contributed by atoms with van der Waals surface area (Å²) in [7, 11) is 3.86. The van der Waals surface area contributed by atoms with Crippen LogP contribution in [0.2, 0.25) is 0 Å². The van der Waals surface area contributed by atoms with Crippen LogP contribution in [-0.2, 0) is 9.47 Å². The molecule has 0 saturated carbocycles. The van der Waals surface area contributed by atoms with E-state index in [2.05, 4.69) is 26.2 Å². The maximum absolute atomic E-state index is 6.11. The Morgan fingerprint density at radius 2 is 2.28 bits per heavy atom. The van der Waals surface area contributed by atoms with Crippen LogP contribution in [0.3, 0.4) is 0 Å². The fraction of sp³-hybridized carbons (Fsp3) is 1.00. The molecule has 2 aliphatic heterocycles. The standard InChI is InChI=1S/C14H27NO2S/c1-13(2,16-4)12(15-3)11-5-7-17-14(9-11)6-8-18-10-14/h11-12,15H,5-10H2,1-4H3. The Bertz CT molecular complexity index is 277. The lowest BCUT2D eigenvalue weighted by atomic mass is 9.76. The van der Waals surface area contributed by atoms with Crippen molar-refractivity contribution >= 4 is 11.8 Å². The summed E-state index contributed by atoms with van der Waals surface area (Å²) in [5, 5.41) is 3.48. The second kappa shape index (κ2) is 5.70. The Hall–Kier alpha value is 0.230. The Balaban J connectivity index is 2.07. The van der Waals surface area contributed by atoms with Crippen LogP contribution < -0.4 is 5.32 Å². The maximum atomic E-state index is 6.11. The molecule has 0 aromatic carbocycles. The third kappa shape index (κ3) is 2.87. The molecule has 3 nitrogen and oxygen atoms in total. The monoisotopic (exact) mass is 273 g/mol. The topological polar surface area (TPSA) is 30.5 Å². The zero-order valence-electron chi connectivity index (χ0n) is 12.1. The Morgan fingerprint density at radius 1 is 1.50 bits per heavy atom. The van der Waals surface area contributed by atoms with Gasteiger partial charge in [-0.05, 0) is 51.8 Å². The zero-order chi connectivity index (χ0) is 13.2. The Labute approximate surface area is 115 Å². The highest BCUT2D eigenvalue weighted by Gasteiger charge is 2.45. The molecule has 18 heavy (non-hydrogen) atoms. The summed E-state index contributed by atoms with van der Waals surface area (Å²) in [6.07, 6.45) is 3.54. The summed E-state index contributed by atoms with van der Waals surface area (Å²) in [5.41, 5.74) is 0.0379. The van der Waals surface area contributed by atoms with Gasteiger partial charge >= 0.3 is 0 Å². The fourth-order valence-corrected chi connectivity index (χ4v) is 4.87. The van der Waals surface area contributed by atoms with E-state index in [9.17, 15) is 0 Å². The summed E-state index contributed by atoms with van der Waals surface area (Å²) in [6, 6.07) is 0.397. The first-order valence-electron chi connectivity index (χ1n) is 6.97.